The molecule has 0 amide bonds. The van der Waals surface area contributed by atoms with E-state index in [0.717, 1.165) is 17.2 Å². The number of hydrogen-bond acceptors (Lipinski definition) is 2. The van der Waals surface area contributed by atoms with Gasteiger partial charge in [-0.25, -0.2) is 0 Å². The van der Waals surface area contributed by atoms with E-state index >= 15 is 0 Å². The van der Waals surface area contributed by atoms with Gasteiger partial charge < -0.3 is 9.64 Å². The molecule has 5 aromatic carbocycles. The molecule has 226 valence electrons. The lowest BCUT2D eigenvalue weighted by atomic mass is 9.33. The Hall–Kier alpha value is -4.02. The fourth-order valence-corrected chi connectivity index (χ4v) is 10.7. The fraction of sp³-hybridized carbons (Fsp3) is 0.268. The lowest BCUT2D eigenvalue weighted by Gasteiger charge is -2.42. The molecule has 0 fully saturated rings. The molecule has 0 aromatic heterocycles. The van der Waals surface area contributed by atoms with Crippen LogP contribution in [0, 0.1) is 0 Å². The van der Waals surface area contributed by atoms with E-state index in [9.17, 15) is 0 Å². The molecule has 7 rings (SSSR count). The summed E-state index contributed by atoms with van der Waals surface area (Å²) in [5.41, 5.74) is 11.9. The first-order valence-corrected chi connectivity index (χ1v) is 19.7. The second kappa shape index (κ2) is 11.1. The molecule has 0 spiro atoms. The van der Waals surface area contributed by atoms with Gasteiger partial charge in [-0.1, -0.05) is 139 Å². The van der Waals surface area contributed by atoms with Crippen LogP contribution >= 0.6 is 0 Å². The Labute approximate surface area is 271 Å². The number of fused-ring (bicyclic) bond motifs is 4. The van der Waals surface area contributed by atoms with Crippen LogP contribution in [0.1, 0.15) is 76.0 Å². The molecular formula is C41H44BNOSi. The number of benzene rings is 5. The fourth-order valence-electron chi connectivity index (χ4n) is 7.73. The number of nitrogens with zero attached hydrogens (tertiary/aromatic N) is 1. The van der Waals surface area contributed by atoms with Gasteiger partial charge in [0, 0.05) is 11.4 Å². The van der Waals surface area contributed by atoms with Gasteiger partial charge in [0.1, 0.15) is 19.6 Å². The van der Waals surface area contributed by atoms with Gasteiger partial charge in [0.15, 0.2) is 0 Å². The van der Waals surface area contributed by atoms with Gasteiger partial charge in [-0.15, -0.1) is 0 Å². The molecule has 0 saturated heterocycles. The first-order valence-electron chi connectivity index (χ1n) is 16.7. The quantitative estimate of drug-likeness (QED) is 0.183. The average molecular weight is 606 g/mol. The molecule has 2 heterocycles. The molecule has 4 heteroatoms. The molecule has 2 nitrogen and oxygen atoms in total. The molecule has 45 heavy (non-hydrogen) atoms. The van der Waals surface area contributed by atoms with Crippen molar-refractivity contribution in [2.75, 3.05) is 4.90 Å². The molecule has 0 radical (unpaired) electrons. The SMILES string of the molecule is CC(C)c1cc(C(C)C)c(B2c3ccccc3Oc3c2cccc3N2c3ccccc3[Si](C)(C)c3ccccc32)c(C(C)C)c1. The first kappa shape index (κ1) is 29.7. The second-order valence-electron chi connectivity index (χ2n) is 14.3. The maximum atomic E-state index is 7.03. The highest BCUT2D eigenvalue weighted by Gasteiger charge is 2.42. The summed E-state index contributed by atoms with van der Waals surface area (Å²) in [6.07, 6.45) is 0. The van der Waals surface area contributed by atoms with Crippen molar-refractivity contribution in [2.45, 2.75) is 72.4 Å². The second-order valence-corrected chi connectivity index (χ2v) is 18.7. The number of ether oxygens (including phenoxy) is 1. The highest BCUT2D eigenvalue weighted by Crippen LogP contribution is 2.44. The van der Waals surface area contributed by atoms with Crippen molar-refractivity contribution in [3.05, 3.63) is 120 Å². The molecule has 0 N–H and O–H groups in total. The number of hydrogen-bond donors (Lipinski definition) is 0. The molecule has 0 bridgehead atoms. The number of anilines is 3. The van der Waals surface area contributed by atoms with Crippen molar-refractivity contribution in [1.29, 1.82) is 0 Å². The Kier molecular flexibility index (Phi) is 7.32. The zero-order chi connectivity index (χ0) is 31.6. The van der Waals surface area contributed by atoms with Crippen LogP contribution < -0.4 is 36.4 Å². The van der Waals surface area contributed by atoms with E-state index in [1.807, 2.05) is 0 Å². The normalized spacial score (nSPS) is 14.6. The molecule has 0 aliphatic carbocycles. The third-order valence-electron chi connectivity index (χ3n) is 10.1. The summed E-state index contributed by atoms with van der Waals surface area (Å²) in [7, 11) is -1.90. The zero-order valence-electron chi connectivity index (χ0n) is 28.0. The zero-order valence-corrected chi connectivity index (χ0v) is 29.0. The van der Waals surface area contributed by atoms with Gasteiger partial charge in [0.05, 0.1) is 5.69 Å². The Morgan fingerprint density at radius 1 is 0.578 bits per heavy atom. The highest BCUT2D eigenvalue weighted by molar-refractivity contribution is 7.02. The van der Waals surface area contributed by atoms with Crippen molar-refractivity contribution in [3.8, 4) is 11.5 Å². The first-order chi connectivity index (χ1) is 21.6. The van der Waals surface area contributed by atoms with Crippen LogP contribution in [0.3, 0.4) is 0 Å². The summed E-state index contributed by atoms with van der Waals surface area (Å²) < 4.78 is 7.03. The molecule has 5 aromatic rings. The maximum Gasteiger partial charge on any atom is 0.251 e. The lowest BCUT2D eigenvalue weighted by molar-refractivity contribution is 0.488. The van der Waals surface area contributed by atoms with Gasteiger partial charge in [0.2, 0.25) is 0 Å². The van der Waals surface area contributed by atoms with Crippen LogP contribution in [0.5, 0.6) is 11.5 Å². The summed E-state index contributed by atoms with van der Waals surface area (Å²) in [5, 5.41) is 2.92. The van der Waals surface area contributed by atoms with Crippen LogP contribution in [0.4, 0.5) is 17.1 Å². The van der Waals surface area contributed by atoms with Gasteiger partial charge in [0.25, 0.3) is 6.71 Å². The van der Waals surface area contributed by atoms with Crippen molar-refractivity contribution < 1.29 is 4.74 Å². The Bertz CT molecular complexity index is 1840. The molecule has 2 aliphatic heterocycles. The Balaban J connectivity index is 1.53. The van der Waals surface area contributed by atoms with E-state index in [-0.39, 0.29) is 6.71 Å². The van der Waals surface area contributed by atoms with Crippen LogP contribution in [0.2, 0.25) is 13.1 Å². The van der Waals surface area contributed by atoms with Crippen molar-refractivity contribution in [2.24, 2.45) is 0 Å². The summed E-state index contributed by atoms with van der Waals surface area (Å²) >= 11 is 0. The smallest absolute Gasteiger partial charge is 0.251 e. The van der Waals surface area contributed by atoms with Gasteiger partial charge >= 0.3 is 0 Å². The van der Waals surface area contributed by atoms with E-state index < -0.39 is 8.07 Å². The molecule has 0 unspecified atom stereocenters. The summed E-state index contributed by atoms with van der Waals surface area (Å²) in [6, 6.07) is 38.5. The minimum atomic E-state index is -1.90. The van der Waals surface area contributed by atoms with Gasteiger partial charge in [-0.3, -0.25) is 0 Å². The Morgan fingerprint density at radius 2 is 1.09 bits per heavy atom. The summed E-state index contributed by atoms with van der Waals surface area (Å²) in [5.74, 6) is 3.18. The minimum absolute atomic E-state index is 0.0713. The monoisotopic (exact) mass is 605 g/mol. The third-order valence-corrected chi connectivity index (χ3v) is 13.7. The van der Waals surface area contributed by atoms with E-state index in [0.29, 0.717) is 17.8 Å². The molecule has 0 atom stereocenters. The highest BCUT2D eigenvalue weighted by atomic mass is 28.3. The predicted molar refractivity (Wildman–Crippen MR) is 198 cm³/mol. The lowest BCUT2D eigenvalue weighted by Crippen LogP contribution is -2.59. The average Bonchev–Trinajstić information content (AvgIpc) is 3.03. The van der Waals surface area contributed by atoms with E-state index in [4.69, 9.17) is 4.74 Å². The standard InChI is InChI=1S/C41H44BNOSi/c1-26(2)29-24-30(27(3)4)40(31(25-29)28(5)6)42-32-16-9-12-21-37(32)44-41-33(42)17-15-20-36(41)43-34-18-10-13-22-38(34)45(7,8)39-23-14-11-19-35(39)43/h9-28H,1-8H3. The van der Waals surface area contributed by atoms with Crippen LogP contribution in [0.15, 0.2) is 103 Å². The minimum Gasteiger partial charge on any atom is -0.456 e. The largest absolute Gasteiger partial charge is 0.456 e. The predicted octanol–water partition coefficient (Wildman–Crippen LogP) is 8.28. The molecule has 0 saturated carbocycles. The Morgan fingerprint density at radius 3 is 1.67 bits per heavy atom. The van der Waals surface area contributed by atoms with Crippen molar-refractivity contribution in [3.63, 3.8) is 0 Å². The van der Waals surface area contributed by atoms with Gasteiger partial charge in [-0.2, -0.15) is 0 Å². The van der Waals surface area contributed by atoms with E-state index in [1.54, 1.807) is 0 Å². The molecular weight excluding hydrogens is 561 g/mol. The maximum absolute atomic E-state index is 7.03. The number of rotatable bonds is 5. The van der Waals surface area contributed by atoms with Gasteiger partial charge in [-0.05, 0) is 80.0 Å². The van der Waals surface area contributed by atoms with E-state index in [2.05, 4.69) is 163 Å². The summed E-state index contributed by atoms with van der Waals surface area (Å²) in [4.78, 5) is 2.47. The van der Waals surface area contributed by atoms with Crippen LogP contribution in [-0.2, 0) is 0 Å². The van der Waals surface area contributed by atoms with Crippen LogP contribution in [0.25, 0.3) is 0 Å². The number of para-hydroxylation sites is 4. The molecule has 2 aliphatic rings. The van der Waals surface area contributed by atoms with Crippen molar-refractivity contribution in [1.82, 2.24) is 0 Å². The van der Waals surface area contributed by atoms with Crippen LogP contribution in [-0.4, -0.2) is 14.8 Å². The van der Waals surface area contributed by atoms with Crippen molar-refractivity contribution >= 4 is 58.6 Å². The van der Waals surface area contributed by atoms with E-state index in [1.165, 1.54) is 54.8 Å². The third kappa shape index (κ3) is 4.68. The topological polar surface area (TPSA) is 12.5 Å². The summed E-state index contributed by atoms with van der Waals surface area (Å²) in [6.45, 7) is 19.1.